The average Bonchev–Trinajstić information content (AvgIpc) is 2.76. The van der Waals surface area contributed by atoms with Crippen molar-refractivity contribution in [3.8, 4) is 0 Å². The molecule has 3 rings (SSSR count). The van der Waals surface area contributed by atoms with Gasteiger partial charge in [-0.15, -0.1) is 0 Å². The van der Waals surface area contributed by atoms with Gasteiger partial charge in [0.1, 0.15) is 0 Å². The number of benzene rings is 2. The van der Waals surface area contributed by atoms with Crippen LogP contribution in [-0.2, 0) is 21.4 Å². The van der Waals surface area contributed by atoms with Crippen LogP contribution in [-0.4, -0.2) is 57.0 Å². The Hall–Kier alpha value is -1.97. The van der Waals surface area contributed by atoms with Crippen LogP contribution in [0.15, 0.2) is 53.4 Å². The van der Waals surface area contributed by atoms with Crippen molar-refractivity contribution in [1.29, 1.82) is 0 Å². The van der Waals surface area contributed by atoms with Gasteiger partial charge in [-0.25, -0.2) is 8.42 Å². The van der Waals surface area contributed by atoms with E-state index in [0.717, 1.165) is 42.0 Å². The van der Waals surface area contributed by atoms with Gasteiger partial charge in [-0.2, -0.15) is 0 Å². The zero-order valence-corrected chi connectivity index (χ0v) is 18.6. The number of likely N-dealkylation sites (tertiary alicyclic amines) is 1. The van der Waals surface area contributed by atoms with Crippen molar-refractivity contribution in [3.63, 3.8) is 0 Å². The number of halogens is 1. The number of nitrogens with one attached hydrogen (secondary N) is 1. The van der Waals surface area contributed by atoms with Crippen LogP contribution in [0.1, 0.15) is 28.8 Å². The van der Waals surface area contributed by atoms with Gasteiger partial charge in [0.05, 0.1) is 12.0 Å². The van der Waals surface area contributed by atoms with Gasteiger partial charge in [0.25, 0.3) is 15.9 Å². The zero-order chi connectivity index (χ0) is 21.7. The van der Waals surface area contributed by atoms with E-state index in [1.807, 2.05) is 24.3 Å². The van der Waals surface area contributed by atoms with Crippen LogP contribution < -0.4 is 5.32 Å². The molecule has 1 heterocycles. The molecule has 0 radical (unpaired) electrons. The molecule has 9 heteroatoms. The van der Waals surface area contributed by atoms with E-state index in [-0.39, 0.29) is 16.8 Å². The SMILES string of the molecule is CON(C)S(=O)(=O)c1ccc(C(=O)NC2CCN(Cc3ccc(Cl)cc3)CC2)cc1. The van der Waals surface area contributed by atoms with Gasteiger partial charge < -0.3 is 5.32 Å². The number of hydrogen-bond acceptors (Lipinski definition) is 5. The summed E-state index contributed by atoms with van der Waals surface area (Å²) in [6.07, 6.45) is 1.73. The Labute approximate surface area is 182 Å². The molecular weight excluding hydrogens is 426 g/mol. The maximum absolute atomic E-state index is 12.5. The fourth-order valence-corrected chi connectivity index (χ4v) is 4.48. The van der Waals surface area contributed by atoms with E-state index in [9.17, 15) is 13.2 Å². The fraction of sp³-hybridized carbons (Fsp3) is 0.381. The first kappa shape index (κ1) is 22.7. The molecule has 0 atom stereocenters. The lowest BCUT2D eigenvalue weighted by Gasteiger charge is -2.32. The lowest BCUT2D eigenvalue weighted by atomic mass is 10.0. The second-order valence-electron chi connectivity index (χ2n) is 7.27. The first-order valence-electron chi connectivity index (χ1n) is 9.70. The Kier molecular flexibility index (Phi) is 7.49. The van der Waals surface area contributed by atoms with Crippen molar-refractivity contribution >= 4 is 27.5 Å². The molecule has 1 N–H and O–H groups in total. The van der Waals surface area contributed by atoms with E-state index in [4.69, 9.17) is 16.4 Å². The molecule has 0 bridgehead atoms. The van der Waals surface area contributed by atoms with E-state index in [0.29, 0.717) is 5.56 Å². The molecule has 0 unspecified atom stereocenters. The van der Waals surface area contributed by atoms with Crippen LogP contribution in [0.5, 0.6) is 0 Å². The van der Waals surface area contributed by atoms with Gasteiger partial charge in [-0.05, 0) is 54.8 Å². The normalized spacial score (nSPS) is 16.0. The zero-order valence-electron chi connectivity index (χ0n) is 17.0. The molecule has 0 spiro atoms. The smallest absolute Gasteiger partial charge is 0.264 e. The Morgan fingerprint density at radius 3 is 2.30 bits per heavy atom. The molecular formula is C21H26ClN3O4S. The van der Waals surface area contributed by atoms with E-state index < -0.39 is 10.0 Å². The Bertz CT molecular complexity index is 957. The second kappa shape index (κ2) is 9.89. The summed E-state index contributed by atoms with van der Waals surface area (Å²) in [6, 6.07) is 13.8. The molecule has 1 saturated heterocycles. The van der Waals surface area contributed by atoms with Gasteiger partial charge in [0.2, 0.25) is 0 Å². The molecule has 0 aromatic heterocycles. The highest BCUT2D eigenvalue weighted by molar-refractivity contribution is 7.89. The molecule has 2 aromatic carbocycles. The third-order valence-electron chi connectivity index (χ3n) is 5.25. The number of carbonyl (C=O) groups excluding carboxylic acids is 1. The number of carbonyl (C=O) groups is 1. The number of hydrogen-bond donors (Lipinski definition) is 1. The summed E-state index contributed by atoms with van der Waals surface area (Å²) in [5.41, 5.74) is 1.65. The monoisotopic (exact) mass is 451 g/mol. The summed E-state index contributed by atoms with van der Waals surface area (Å²) in [4.78, 5) is 19.7. The van der Waals surface area contributed by atoms with Crippen molar-refractivity contribution < 1.29 is 18.0 Å². The molecule has 1 amide bonds. The minimum absolute atomic E-state index is 0.0684. The Morgan fingerprint density at radius 2 is 1.73 bits per heavy atom. The predicted molar refractivity (Wildman–Crippen MR) is 116 cm³/mol. The minimum Gasteiger partial charge on any atom is -0.349 e. The highest BCUT2D eigenvalue weighted by atomic mass is 35.5. The highest BCUT2D eigenvalue weighted by Gasteiger charge is 2.23. The summed E-state index contributed by atoms with van der Waals surface area (Å²) in [6.45, 7) is 2.66. The Morgan fingerprint density at radius 1 is 1.13 bits per heavy atom. The van der Waals surface area contributed by atoms with Crippen LogP contribution >= 0.6 is 11.6 Å². The Balaban J connectivity index is 1.51. The summed E-state index contributed by atoms with van der Waals surface area (Å²) in [5, 5.41) is 3.78. The number of amides is 1. The number of piperidine rings is 1. The fourth-order valence-electron chi connectivity index (χ4n) is 3.38. The van der Waals surface area contributed by atoms with E-state index in [1.54, 1.807) is 0 Å². The van der Waals surface area contributed by atoms with Crippen LogP contribution in [0.25, 0.3) is 0 Å². The van der Waals surface area contributed by atoms with Crippen LogP contribution in [0.3, 0.4) is 0 Å². The van der Waals surface area contributed by atoms with Crippen molar-refractivity contribution in [2.75, 3.05) is 27.2 Å². The van der Waals surface area contributed by atoms with Crippen LogP contribution in [0.2, 0.25) is 5.02 Å². The van der Waals surface area contributed by atoms with Gasteiger partial charge >= 0.3 is 0 Å². The quantitative estimate of drug-likeness (QED) is 0.655. The largest absolute Gasteiger partial charge is 0.349 e. The standard InChI is InChI=1S/C21H26ClN3O4S/c1-24(29-2)30(27,28)20-9-5-17(6-10-20)21(26)23-19-11-13-25(14-12-19)15-16-3-7-18(22)8-4-16/h3-10,19H,11-15H2,1-2H3,(H,23,26). The number of rotatable bonds is 7. The molecule has 1 fully saturated rings. The summed E-state index contributed by atoms with van der Waals surface area (Å²) in [5.74, 6) is -0.199. The van der Waals surface area contributed by atoms with Crippen LogP contribution in [0, 0.1) is 0 Å². The molecule has 1 aliphatic rings. The number of hydroxylamine groups is 1. The molecule has 162 valence electrons. The third kappa shape index (κ3) is 5.59. The van der Waals surface area contributed by atoms with Crippen LogP contribution in [0.4, 0.5) is 0 Å². The maximum atomic E-state index is 12.5. The first-order valence-corrected chi connectivity index (χ1v) is 11.5. The van der Waals surface area contributed by atoms with Crippen molar-refractivity contribution in [1.82, 2.24) is 14.7 Å². The van der Waals surface area contributed by atoms with Gasteiger partial charge in [0.15, 0.2) is 0 Å². The van der Waals surface area contributed by atoms with Crippen molar-refractivity contribution in [3.05, 3.63) is 64.7 Å². The first-order chi connectivity index (χ1) is 14.3. The van der Waals surface area contributed by atoms with Crippen molar-refractivity contribution in [2.24, 2.45) is 0 Å². The van der Waals surface area contributed by atoms with Gasteiger partial charge in [-0.3, -0.25) is 14.5 Å². The second-order valence-corrected chi connectivity index (χ2v) is 9.64. The van der Waals surface area contributed by atoms with Gasteiger partial charge in [0, 0.05) is 43.3 Å². The highest BCUT2D eigenvalue weighted by Crippen LogP contribution is 2.18. The minimum atomic E-state index is -3.73. The van der Waals surface area contributed by atoms with Gasteiger partial charge in [-0.1, -0.05) is 28.2 Å². The predicted octanol–water partition coefficient (Wildman–Crippen LogP) is 2.92. The molecule has 2 aromatic rings. The number of sulfonamides is 1. The van der Waals surface area contributed by atoms with E-state index in [1.165, 1.54) is 44.0 Å². The summed E-state index contributed by atoms with van der Waals surface area (Å²) in [7, 11) is -1.13. The third-order valence-corrected chi connectivity index (χ3v) is 7.20. The van der Waals surface area contributed by atoms with E-state index in [2.05, 4.69) is 10.2 Å². The van der Waals surface area contributed by atoms with Crippen molar-refractivity contribution in [2.45, 2.75) is 30.3 Å². The lowest BCUT2D eigenvalue weighted by Crippen LogP contribution is -2.44. The summed E-state index contributed by atoms with van der Waals surface area (Å²) < 4.78 is 25.2. The average molecular weight is 452 g/mol. The topological polar surface area (TPSA) is 78.9 Å². The lowest BCUT2D eigenvalue weighted by molar-refractivity contribution is -0.0258. The summed E-state index contributed by atoms with van der Waals surface area (Å²) >= 11 is 5.93. The molecule has 30 heavy (non-hydrogen) atoms. The molecule has 0 saturated carbocycles. The molecule has 1 aliphatic heterocycles. The maximum Gasteiger partial charge on any atom is 0.264 e. The number of nitrogens with zero attached hydrogens (tertiary/aromatic N) is 2. The molecule has 7 nitrogen and oxygen atoms in total. The molecule has 0 aliphatic carbocycles. The van der Waals surface area contributed by atoms with E-state index >= 15 is 0 Å².